The van der Waals surface area contributed by atoms with Crippen molar-refractivity contribution in [1.82, 2.24) is 15.1 Å². The predicted octanol–water partition coefficient (Wildman–Crippen LogP) is -0.595. The number of likely N-dealkylation sites (N-methyl/N-ethyl adjacent to an activating group) is 1. The monoisotopic (exact) mass is 239 g/mol. The van der Waals surface area contributed by atoms with Crippen LogP contribution in [0.4, 0.5) is 0 Å². The summed E-state index contributed by atoms with van der Waals surface area (Å²) in [4.78, 5) is 34.8. The molecule has 0 saturated heterocycles. The van der Waals surface area contributed by atoms with Gasteiger partial charge in [0.25, 0.3) is 11.5 Å². The number of aromatic amines is 1. The van der Waals surface area contributed by atoms with Crippen molar-refractivity contribution in [2.75, 3.05) is 20.2 Å². The number of rotatable bonds is 4. The molecule has 0 aliphatic rings. The molecule has 0 fully saturated rings. The summed E-state index contributed by atoms with van der Waals surface area (Å²) in [5, 5.41) is 5.72. The van der Waals surface area contributed by atoms with Crippen molar-refractivity contribution in [1.29, 1.82) is 0 Å². The summed E-state index contributed by atoms with van der Waals surface area (Å²) in [6.07, 6.45) is 0. The lowest BCUT2D eigenvalue weighted by molar-refractivity contribution is -0.143. The van der Waals surface area contributed by atoms with E-state index in [0.29, 0.717) is 0 Å². The molecule has 0 aliphatic heterocycles. The quantitative estimate of drug-likeness (QED) is 0.708. The zero-order valence-electron chi connectivity index (χ0n) is 9.60. The maximum absolute atomic E-state index is 11.7. The normalized spacial score (nSPS) is 9.76. The second-order valence-electron chi connectivity index (χ2n) is 3.27. The molecule has 1 heterocycles. The molecule has 17 heavy (non-hydrogen) atoms. The van der Waals surface area contributed by atoms with Crippen LogP contribution >= 0.6 is 0 Å². The van der Waals surface area contributed by atoms with Crippen LogP contribution in [0.2, 0.25) is 0 Å². The molecular formula is C10H13N3O4. The number of H-pyrrole nitrogens is 1. The summed E-state index contributed by atoms with van der Waals surface area (Å²) in [7, 11) is 1.45. The van der Waals surface area contributed by atoms with Crippen LogP contribution < -0.4 is 5.56 Å². The van der Waals surface area contributed by atoms with Crippen molar-refractivity contribution in [2.24, 2.45) is 0 Å². The van der Waals surface area contributed by atoms with Gasteiger partial charge < -0.3 is 9.64 Å². The summed E-state index contributed by atoms with van der Waals surface area (Å²) >= 11 is 0. The Kier molecular flexibility index (Phi) is 4.38. The third-order valence-electron chi connectivity index (χ3n) is 1.92. The van der Waals surface area contributed by atoms with Gasteiger partial charge in [0.1, 0.15) is 12.2 Å². The lowest BCUT2D eigenvalue weighted by atomic mass is 10.3. The molecule has 92 valence electrons. The fourth-order valence-corrected chi connectivity index (χ4v) is 1.13. The highest BCUT2D eigenvalue weighted by Crippen LogP contribution is 1.97. The number of aromatic nitrogens is 2. The lowest BCUT2D eigenvalue weighted by Gasteiger charge is -2.14. The van der Waals surface area contributed by atoms with Gasteiger partial charge in [0.05, 0.1) is 6.61 Å². The van der Waals surface area contributed by atoms with Crippen molar-refractivity contribution >= 4 is 11.9 Å². The Hall–Kier alpha value is -2.18. The van der Waals surface area contributed by atoms with Crippen molar-refractivity contribution in [3.63, 3.8) is 0 Å². The number of carbonyl (C=O) groups is 2. The van der Waals surface area contributed by atoms with Gasteiger partial charge in [-0.15, -0.1) is 0 Å². The molecule has 1 aromatic heterocycles. The third kappa shape index (κ3) is 3.71. The summed E-state index contributed by atoms with van der Waals surface area (Å²) in [6.45, 7) is 1.79. The minimum Gasteiger partial charge on any atom is -0.465 e. The van der Waals surface area contributed by atoms with Crippen molar-refractivity contribution < 1.29 is 14.3 Å². The van der Waals surface area contributed by atoms with E-state index in [0.717, 1.165) is 0 Å². The van der Waals surface area contributed by atoms with E-state index >= 15 is 0 Å². The maximum Gasteiger partial charge on any atom is 0.325 e. The van der Waals surface area contributed by atoms with E-state index in [9.17, 15) is 14.4 Å². The van der Waals surface area contributed by atoms with Crippen LogP contribution in [0.1, 0.15) is 17.4 Å². The average molecular weight is 239 g/mol. The standard InChI is InChI=1S/C10H13N3O4/c1-3-17-9(15)6-13(2)10(16)7-4-5-8(14)12-11-7/h4-5H,3,6H2,1-2H3,(H,12,14). The number of nitrogens with zero attached hydrogens (tertiary/aromatic N) is 2. The Labute approximate surface area is 97.4 Å². The molecule has 1 aromatic rings. The zero-order valence-corrected chi connectivity index (χ0v) is 9.60. The fraction of sp³-hybridized carbons (Fsp3) is 0.400. The Morgan fingerprint density at radius 2 is 2.18 bits per heavy atom. The Morgan fingerprint density at radius 3 is 2.71 bits per heavy atom. The van der Waals surface area contributed by atoms with Gasteiger partial charge in [-0.2, -0.15) is 5.10 Å². The van der Waals surface area contributed by atoms with Crippen LogP contribution in [0.25, 0.3) is 0 Å². The first-order chi connectivity index (χ1) is 8.04. The van der Waals surface area contributed by atoms with E-state index in [2.05, 4.69) is 10.2 Å². The highest BCUT2D eigenvalue weighted by molar-refractivity contribution is 5.93. The Bertz CT molecular complexity index is 448. The molecule has 0 atom stereocenters. The molecule has 0 saturated carbocycles. The molecule has 1 rings (SSSR count). The van der Waals surface area contributed by atoms with Crippen LogP contribution in [-0.4, -0.2) is 47.2 Å². The minimum absolute atomic E-state index is 0.0661. The summed E-state index contributed by atoms with van der Waals surface area (Å²) < 4.78 is 4.71. The highest BCUT2D eigenvalue weighted by Gasteiger charge is 2.16. The van der Waals surface area contributed by atoms with E-state index < -0.39 is 17.4 Å². The van der Waals surface area contributed by atoms with E-state index in [4.69, 9.17) is 4.74 Å². The number of nitrogens with one attached hydrogen (secondary N) is 1. The second-order valence-corrected chi connectivity index (χ2v) is 3.27. The first-order valence-electron chi connectivity index (χ1n) is 5.01. The number of ether oxygens (including phenoxy) is 1. The average Bonchev–Trinajstić information content (AvgIpc) is 2.29. The fourth-order valence-electron chi connectivity index (χ4n) is 1.13. The molecular weight excluding hydrogens is 226 g/mol. The minimum atomic E-state index is -0.493. The zero-order chi connectivity index (χ0) is 12.8. The van der Waals surface area contributed by atoms with Gasteiger partial charge in [-0.1, -0.05) is 0 Å². The molecule has 7 nitrogen and oxygen atoms in total. The van der Waals surface area contributed by atoms with Crippen molar-refractivity contribution in [3.8, 4) is 0 Å². The summed E-state index contributed by atoms with van der Waals surface area (Å²) in [5.41, 5.74) is -0.328. The van der Waals surface area contributed by atoms with Gasteiger partial charge >= 0.3 is 5.97 Å². The SMILES string of the molecule is CCOC(=O)CN(C)C(=O)c1ccc(=O)[nH]n1. The first kappa shape index (κ1) is 12.9. The van der Waals surface area contributed by atoms with Gasteiger partial charge in [0, 0.05) is 13.1 Å². The van der Waals surface area contributed by atoms with Gasteiger partial charge in [-0.05, 0) is 13.0 Å². The van der Waals surface area contributed by atoms with E-state index in [1.807, 2.05) is 0 Å². The molecule has 7 heteroatoms. The molecule has 0 radical (unpaired) electrons. The smallest absolute Gasteiger partial charge is 0.325 e. The van der Waals surface area contributed by atoms with Gasteiger partial charge in [-0.3, -0.25) is 14.4 Å². The third-order valence-corrected chi connectivity index (χ3v) is 1.92. The van der Waals surface area contributed by atoms with Gasteiger partial charge in [-0.25, -0.2) is 5.10 Å². The van der Waals surface area contributed by atoms with Crippen LogP contribution in [-0.2, 0) is 9.53 Å². The molecule has 0 spiro atoms. The lowest BCUT2D eigenvalue weighted by Crippen LogP contribution is -2.34. The predicted molar refractivity (Wildman–Crippen MR) is 58.5 cm³/mol. The molecule has 1 amide bonds. The van der Waals surface area contributed by atoms with Gasteiger partial charge in [0.2, 0.25) is 0 Å². The van der Waals surface area contributed by atoms with Crippen LogP contribution in [0, 0.1) is 0 Å². The molecule has 0 bridgehead atoms. The van der Waals surface area contributed by atoms with Crippen LogP contribution in [0.3, 0.4) is 0 Å². The van der Waals surface area contributed by atoms with E-state index in [1.165, 1.54) is 24.1 Å². The Morgan fingerprint density at radius 1 is 1.47 bits per heavy atom. The molecule has 0 unspecified atom stereocenters. The topological polar surface area (TPSA) is 92.4 Å². The Balaban J connectivity index is 2.66. The van der Waals surface area contributed by atoms with E-state index in [-0.39, 0.29) is 18.8 Å². The summed E-state index contributed by atoms with van der Waals surface area (Å²) in [6, 6.07) is 2.49. The molecule has 1 N–H and O–H groups in total. The maximum atomic E-state index is 11.7. The molecule has 0 aromatic carbocycles. The van der Waals surface area contributed by atoms with Crippen LogP contribution in [0.5, 0.6) is 0 Å². The number of hydrogen-bond acceptors (Lipinski definition) is 5. The number of hydrogen-bond donors (Lipinski definition) is 1. The second kappa shape index (κ2) is 5.78. The first-order valence-corrected chi connectivity index (χ1v) is 5.01. The highest BCUT2D eigenvalue weighted by atomic mass is 16.5. The van der Waals surface area contributed by atoms with Gasteiger partial charge in [0.15, 0.2) is 0 Å². The summed E-state index contributed by atoms with van der Waals surface area (Å²) in [5.74, 6) is -0.956. The number of esters is 1. The number of amides is 1. The van der Waals surface area contributed by atoms with Crippen molar-refractivity contribution in [3.05, 3.63) is 28.2 Å². The van der Waals surface area contributed by atoms with E-state index in [1.54, 1.807) is 6.92 Å². The largest absolute Gasteiger partial charge is 0.465 e. The molecule has 0 aliphatic carbocycles. The van der Waals surface area contributed by atoms with Crippen LogP contribution in [0.15, 0.2) is 16.9 Å². The van der Waals surface area contributed by atoms with Crippen molar-refractivity contribution in [2.45, 2.75) is 6.92 Å². The number of carbonyl (C=O) groups excluding carboxylic acids is 2.